The highest BCUT2D eigenvalue weighted by Gasteiger charge is 2.30. The largest absolute Gasteiger partial charge is 0.472 e. The van der Waals surface area contributed by atoms with Gasteiger partial charge in [-0.1, -0.05) is 299 Å². The van der Waals surface area contributed by atoms with Crippen LogP contribution in [0.1, 0.15) is 351 Å². The molecule has 90 heavy (non-hydrogen) atoms. The van der Waals surface area contributed by atoms with Crippen molar-refractivity contribution in [1.82, 2.24) is 0 Å². The Bertz CT molecular complexity index is 1790. The minimum Gasteiger partial charge on any atom is -0.462 e. The summed E-state index contributed by atoms with van der Waals surface area (Å²) in [4.78, 5) is 72.6. The highest BCUT2D eigenvalue weighted by molar-refractivity contribution is 7.47. The van der Waals surface area contributed by atoms with E-state index in [1.807, 2.05) is 0 Å². The molecule has 0 aliphatic heterocycles. The molecule has 19 heteroatoms. The number of aliphatic hydroxyl groups excluding tert-OH is 1. The van der Waals surface area contributed by atoms with Crippen molar-refractivity contribution < 1.29 is 80.2 Å². The maximum Gasteiger partial charge on any atom is 0.472 e. The smallest absolute Gasteiger partial charge is 0.462 e. The van der Waals surface area contributed by atoms with Crippen molar-refractivity contribution in [3.8, 4) is 0 Å². The van der Waals surface area contributed by atoms with Crippen molar-refractivity contribution in [2.45, 2.75) is 369 Å². The Morgan fingerprint density at radius 2 is 0.533 bits per heavy atom. The molecule has 7 atom stereocenters. The highest BCUT2D eigenvalue weighted by atomic mass is 31.2. The van der Waals surface area contributed by atoms with Crippen molar-refractivity contribution in [2.75, 3.05) is 39.6 Å². The topological polar surface area (TPSA) is 237 Å². The Labute approximate surface area is 549 Å². The fraction of sp³-hybridized carbons (Fsp3) is 0.944. The van der Waals surface area contributed by atoms with Gasteiger partial charge >= 0.3 is 39.5 Å². The van der Waals surface area contributed by atoms with Gasteiger partial charge in [-0.05, 0) is 49.4 Å². The molecule has 0 spiro atoms. The van der Waals surface area contributed by atoms with Crippen LogP contribution in [0.25, 0.3) is 0 Å². The Morgan fingerprint density at radius 1 is 0.311 bits per heavy atom. The lowest BCUT2D eigenvalue weighted by molar-refractivity contribution is -0.161. The quantitative estimate of drug-likeness (QED) is 0.0222. The van der Waals surface area contributed by atoms with Crippen LogP contribution in [-0.4, -0.2) is 96.7 Å². The van der Waals surface area contributed by atoms with E-state index in [9.17, 15) is 43.2 Å². The Balaban J connectivity index is 5.27. The van der Waals surface area contributed by atoms with Crippen LogP contribution in [0, 0.1) is 23.7 Å². The molecule has 0 fully saturated rings. The fourth-order valence-corrected chi connectivity index (χ4v) is 12.2. The number of carbonyl (C=O) groups excluding carboxylic acids is 4. The van der Waals surface area contributed by atoms with Gasteiger partial charge < -0.3 is 33.8 Å². The van der Waals surface area contributed by atoms with Gasteiger partial charge in [0.1, 0.15) is 19.3 Å². The lowest BCUT2D eigenvalue weighted by atomic mass is 9.99. The first kappa shape index (κ1) is 88.1. The molecule has 534 valence electrons. The zero-order valence-corrected chi connectivity index (χ0v) is 60.6. The van der Waals surface area contributed by atoms with E-state index in [-0.39, 0.29) is 25.7 Å². The summed E-state index contributed by atoms with van der Waals surface area (Å²) in [6, 6.07) is 0. The molecule has 0 aromatic rings. The molecule has 0 rings (SSSR count). The number of ether oxygens (including phenoxy) is 4. The number of carbonyl (C=O) groups is 4. The average molecular weight is 1330 g/mol. The molecule has 0 radical (unpaired) electrons. The predicted octanol–water partition coefficient (Wildman–Crippen LogP) is 20.1. The van der Waals surface area contributed by atoms with Crippen molar-refractivity contribution >= 4 is 39.5 Å². The van der Waals surface area contributed by atoms with Crippen LogP contribution in [-0.2, 0) is 65.4 Å². The van der Waals surface area contributed by atoms with Gasteiger partial charge in [0.25, 0.3) is 0 Å². The summed E-state index contributed by atoms with van der Waals surface area (Å²) in [5.74, 6) is 0.914. The number of aliphatic hydroxyl groups is 1. The van der Waals surface area contributed by atoms with Crippen LogP contribution < -0.4 is 0 Å². The van der Waals surface area contributed by atoms with E-state index < -0.39 is 97.5 Å². The van der Waals surface area contributed by atoms with E-state index in [0.717, 1.165) is 120 Å². The van der Waals surface area contributed by atoms with E-state index in [0.29, 0.717) is 25.7 Å². The average Bonchev–Trinajstić information content (AvgIpc) is 3.70. The number of rotatable bonds is 68. The summed E-state index contributed by atoms with van der Waals surface area (Å²) < 4.78 is 68.3. The van der Waals surface area contributed by atoms with Crippen molar-refractivity contribution in [3.05, 3.63) is 0 Å². The molecule has 0 heterocycles. The van der Waals surface area contributed by atoms with Crippen molar-refractivity contribution in [1.29, 1.82) is 0 Å². The van der Waals surface area contributed by atoms with E-state index in [1.165, 1.54) is 148 Å². The number of esters is 4. The SMILES string of the molecule is CCC(C)CCCCCCCCCCCCC(=O)O[C@H](COC(=O)CCCCCCCCC(C)CC)COP(=O)(O)OC[C@H](O)COP(=O)(O)OC[C@@H](COC(=O)CCCCCCCCCCCC(C)C)OC(=O)CCCCCCCCCCCCCC(C)C. The molecular formula is C71H138O17P2. The summed E-state index contributed by atoms with van der Waals surface area (Å²) in [5.41, 5.74) is 0. The molecule has 0 saturated heterocycles. The third-order valence-electron chi connectivity index (χ3n) is 17.0. The van der Waals surface area contributed by atoms with E-state index >= 15 is 0 Å². The maximum atomic E-state index is 13.0. The minimum atomic E-state index is -4.95. The van der Waals surface area contributed by atoms with Gasteiger partial charge in [-0.15, -0.1) is 0 Å². The first-order valence-electron chi connectivity index (χ1n) is 36.8. The first-order valence-corrected chi connectivity index (χ1v) is 39.8. The third kappa shape index (κ3) is 62.2. The van der Waals surface area contributed by atoms with Gasteiger partial charge in [-0.3, -0.25) is 37.3 Å². The van der Waals surface area contributed by atoms with Crippen LogP contribution in [0.5, 0.6) is 0 Å². The molecule has 0 aliphatic rings. The standard InChI is InChI=1S/C71H138O17P2/c1-9-63(7)49-41-33-25-19-14-15-21-28-38-46-54-71(76)88-67(58-82-69(74)52-44-36-30-29-34-42-50-64(8)10-2)60-86-90(79,80)84-56-65(72)55-83-89(77,78)85-59-66(57-81-68(73)51-43-35-26-22-16-18-24-32-40-48-62(5)6)87-70(75)53-45-37-27-20-13-11-12-17-23-31-39-47-61(3)4/h61-67,72H,9-60H2,1-8H3,(H,77,78)(H,79,80)/t63?,64?,65-,66-,67-/m1/s1. The molecule has 17 nitrogen and oxygen atoms in total. The predicted molar refractivity (Wildman–Crippen MR) is 363 cm³/mol. The highest BCUT2D eigenvalue weighted by Crippen LogP contribution is 2.45. The molecule has 4 unspecified atom stereocenters. The molecule has 0 aromatic heterocycles. The number of hydrogen-bond donors (Lipinski definition) is 3. The second-order valence-electron chi connectivity index (χ2n) is 27.1. The Kier molecular flexibility index (Phi) is 59.4. The number of unbranched alkanes of at least 4 members (excludes halogenated alkanes) is 32. The molecule has 0 aromatic carbocycles. The van der Waals surface area contributed by atoms with E-state index in [1.54, 1.807) is 0 Å². The van der Waals surface area contributed by atoms with Gasteiger partial charge in [0.05, 0.1) is 26.4 Å². The number of hydrogen-bond acceptors (Lipinski definition) is 15. The van der Waals surface area contributed by atoms with Gasteiger partial charge in [0.15, 0.2) is 12.2 Å². The lowest BCUT2D eigenvalue weighted by Crippen LogP contribution is -2.30. The summed E-state index contributed by atoms with van der Waals surface area (Å²) in [6.07, 6.45) is 43.0. The fourth-order valence-electron chi connectivity index (χ4n) is 10.6. The van der Waals surface area contributed by atoms with Crippen molar-refractivity contribution in [3.63, 3.8) is 0 Å². The van der Waals surface area contributed by atoms with Crippen molar-refractivity contribution in [2.24, 2.45) is 23.7 Å². The van der Waals surface area contributed by atoms with Gasteiger partial charge in [-0.2, -0.15) is 0 Å². The molecule has 0 bridgehead atoms. The normalized spacial score (nSPS) is 14.9. The number of phosphoric ester groups is 2. The summed E-state index contributed by atoms with van der Waals surface area (Å²) in [5, 5.41) is 10.6. The summed E-state index contributed by atoms with van der Waals surface area (Å²) in [7, 11) is -9.91. The van der Waals surface area contributed by atoms with Gasteiger partial charge in [0, 0.05) is 25.7 Å². The number of phosphoric acid groups is 2. The van der Waals surface area contributed by atoms with Crippen LogP contribution in [0.2, 0.25) is 0 Å². The van der Waals surface area contributed by atoms with Gasteiger partial charge in [0.2, 0.25) is 0 Å². The van der Waals surface area contributed by atoms with Gasteiger partial charge in [-0.25, -0.2) is 9.13 Å². The molecule has 0 amide bonds. The Hall–Kier alpha value is -1.94. The molecule has 0 aliphatic carbocycles. The van der Waals surface area contributed by atoms with Crippen LogP contribution in [0.15, 0.2) is 0 Å². The van der Waals surface area contributed by atoms with Crippen LogP contribution in [0.4, 0.5) is 0 Å². The second kappa shape index (κ2) is 60.7. The minimum absolute atomic E-state index is 0.105. The first-order chi connectivity index (χ1) is 43.2. The Morgan fingerprint density at radius 3 is 0.789 bits per heavy atom. The summed E-state index contributed by atoms with van der Waals surface area (Å²) >= 11 is 0. The monoisotopic (exact) mass is 1320 g/mol. The molecular weight excluding hydrogens is 1190 g/mol. The second-order valence-corrected chi connectivity index (χ2v) is 30.0. The van der Waals surface area contributed by atoms with E-state index in [4.69, 9.17) is 37.0 Å². The summed E-state index contributed by atoms with van der Waals surface area (Å²) in [6.45, 7) is 14.1. The molecule has 3 N–H and O–H groups in total. The van der Waals surface area contributed by atoms with Crippen LogP contribution >= 0.6 is 15.6 Å². The molecule has 0 saturated carbocycles. The zero-order valence-electron chi connectivity index (χ0n) is 58.8. The third-order valence-corrected chi connectivity index (χ3v) is 18.9. The zero-order chi connectivity index (χ0) is 66.8. The van der Waals surface area contributed by atoms with Crippen LogP contribution in [0.3, 0.4) is 0 Å². The maximum absolute atomic E-state index is 13.0. The lowest BCUT2D eigenvalue weighted by Gasteiger charge is -2.21. The van der Waals surface area contributed by atoms with E-state index in [2.05, 4.69) is 55.4 Å².